The fourth-order valence-electron chi connectivity index (χ4n) is 2.18. The maximum Gasteiger partial charge on any atom is 0.416 e. The van der Waals surface area contributed by atoms with E-state index in [9.17, 15) is 22.4 Å². The lowest BCUT2D eigenvalue weighted by Crippen LogP contribution is -2.12. The summed E-state index contributed by atoms with van der Waals surface area (Å²) in [6.07, 6.45) is -4.51. The van der Waals surface area contributed by atoms with Gasteiger partial charge in [-0.15, -0.1) is 11.3 Å². The van der Waals surface area contributed by atoms with Gasteiger partial charge in [-0.05, 0) is 30.3 Å². The Balaban J connectivity index is 1.94. The van der Waals surface area contributed by atoms with Crippen molar-refractivity contribution in [3.63, 3.8) is 0 Å². The largest absolute Gasteiger partial charge is 0.416 e. The van der Waals surface area contributed by atoms with E-state index in [2.05, 4.69) is 5.32 Å². The molecule has 1 heterocycles. The van der Waals surface area contributed by atoms with E-state index in [1.807, 2.05) is 0 Å². The van der Waals surface area contributed by atoms with Crippen molar-refractivity contribution in [2.24, 2.45) is 0 Å². The summed E-state index contributed by atoms with van der Waals surface area (Å²) in [6.45, 7) is 0. The van der Waals surface area contributed by atoms with Gasteiger partial charge in [0, 0.05) is 15.8 Å². The predicted molar refractivity (Wildman–Crippen MR) is 86.2 cm³/mol. The number of halogens is 5. The maximum atomic E-state index is 13.8. The Labute approximate surface area is 142 Å². The number of hydrogen-bond acceptors (Lipinski definition) is 2. The molecular weight excluding hydrogens is 366 g/mol. The summed E-state index contributed by atoms with van der Waals surface area (Å²) >= 11 is 7.03. The molecule has 0 unspecified atom stereocenters. The van der Waals surface area contributed by atoms with E-state index in [1.54, 1.807) is 6.07 Å². The van der Waals surface area contributed by atoms with Gasteiger partial charge in [-0.1, -0.05) is 23.7 Å². The molecule has 0 aliphatic heterocycles. The third-order valence-electron chi connectivity index (χ3n) is 3.26. The second kappa shape index (κ2) is 6.07. The zero-order valence-electron chi connectivity index (χ0n) is 11.7. The minimum absolute atomic E-state index is 0.0242. The molecule has 0 saturated heterocycles. The minimum Gasteiger partial charge on any atom is -0.321 e. The van der Waals surface area contributed by atoms with E-state index >= 15 is 0 Å². The van der Waals surface area contributed by atoms with Gasteiger partial charge in [-0.3, -0.25) is 4.79 Å². The molecule has 24 heavy (non-hydrogen) atoms. The number of alkyl halides is 3. The monoisotopic (exact) mass is 373 g/mol. The third kappa shape index (κ3) is 3.09. The zero-order valence-corrected chi connectivity index (χ0v) is 13.3. The van der Waals surface area contributed by atoms with Crippen LogP contribution in [0.15, 0.2) is 42.5 Å². The fourth-order valence-corrected chi connectivity index (χ4v) is 3.63. The molecule has 8 heteroatoms. The first-order valence-corrected chi connectivity index (χ1v) is 7.82. The number of rotatable bonds is 2. The van der Waals surface area contributed by atoms with Crippen LogP contribution in [0.25, 0.3) is 10.1 Å². The molecule has 124 valence electrons. The Hall–Kier alpha value is -2.12. The van der Waals surface area contributed by atoms with Crippen molar-refractivity contribution in [3.05, 3.63) is 63.7 Å². The van der Waals surface area contributed by atoms with Gasteiger partial charge in [0.1, 0.15) is 10.7 Å². The average molecular weight is 374 g/mol. The lowest BCUT2D eigenvalue weighted by molar-refractivity contribution is -0.137. The first-order chi connectivity index (χ1) is 11.3. The highest BCUT2D eigenvalue weighted by Gasteiger charge is 2.30. The topological polar surface area (TPSA) is 29.1 Å². The number of thiophene rings is 1. The molecule has 1 aromatic heterocycles. The third-order valence-corrected chi connectivity index (χ3v) is 4.90. The number of carbonyl (C=O) groups is 1. The Morgan fingerprint density at radius 3 is 2.50 bits per heavy atom. The minimum atomic E-state index is -4.51. The van der Waals surface area contributed by atoms with Gasteiger partial charge < -0.3 is 5.32 Å². The lowest BCUT2D eigenvalue weighted by Gasteiger charge is -2.09. The molecule has 0 saturated carbocycles. The van der Waals surface area contributed by atoms with E-state index in [4.69, 9.17) is 11.6 Å². The summed E-state index contributed by atoms with van der Waals surface area (Å²) < 4.78 is 52.4. The van der Waals surface area contributed by atoms with Gasteiger partial charge in [0.05, 0.1) is 10.6 Å². The van der Waals surface area contributed by atoms with E-state index in [-0.39, 0.29) is 21.0 Å². The van der Waals surface area contributed by atoms with Crippen LogP contribution in [0, 0.1) is 5.82 Å². The van der Waals surface area contributed by atoms with Gasteiger partial charge in [0.2, 0.25) is 0 Å². The van der Waals surface area contributed by atoms with Crippen molar-refractivity contribution in [1.29, 1.82) is 0 Å². The normalized spacial score (nSPS) is 11.7. The highest BCUT2D eigenvalue weighted by Crippen LogP contribution is 2.37. The number of carbonyl (C=O) groups excluding carboxylic acids is 1. The number of hydrogen-bond donors (Lipinski definition) is 1. The Morgan fingerprint density at radius 1 is 1.12 bits per heavy atom. The Kier molecular flexibility index (Phi) is 4.23. The summed E-state index contributed by atoms with van der Waals surface area (Å²) in [5.41, 5.74) is -0.905. The van der Waals surface area contributed by atoms with Crippen molar-refractivity contribution in [2.75, 3.05) is 5.32 Å². The molecule has 3 aromatic rings. The smallest absolute Gasteiger partial charge is 0.321 e. The van der Waals surface area contributed by atoms with Gasteiger partial charge in [-0.25, -0.2) is 4.39 Å². The van der Waals surface area contributed by atoms with Crippen LogP contribution >= 0.6 is 22.9 Å². The highest BCUT2D eigenvalue weighted by atomic mass is 35.5. The molecule has 0 fully saturated rings. The number of nitrogens with one attached hydrogen (secondary N) is 1. The molecule has 0 radical (unpaired) electrons. The van der Waals surface area contributed by atoms with E-state index in [1.165, 1.54) is 24.3 Å². The summed E-state index contributed by atoms with van der Waals surface area (Å²) in [5, 5.41) is 2.42. The molecule has 2 nitrogen and oxygen atoms in total. The maximum absolute atomic E-state index is 13.8. The van der Waals surface area contributed by atoms with Crippen molar-refractivity contribution >= 4 is 44.6 Å². The van der Waals surface area contributed by atoms with Gasteiger partial charge in [0.25, 0.3) is 5.91 Å². The van der Waals surface area contributed by atoms with E-state index in [0.717, 1.165) is 23.5 Å². The van der Waals surface area contributed by atoms with Crippen LogP contribution in [-0.4, -0.2) is 5.91 Å². The fraction of sp³-hybridized carbons (Fsp3) is 0.0625. The number of anilines is 1. The molecule has 3 rings (SSSR count). The van der Waals surface area contributed by atoms with Crippen molar-refractivity contribution in [2.45, 2.75) is 6.18 Å². The van der Waals surface area contributed by atoms with Crippen LogP contribution in [0.1, 0.15) is 15.2 Å². The Bertz CT molecular complexity index is 935. The lowest BCUT2D eigenvalue weighted by atomic mass is 10.2. The SMILES string of the molecule is O=C(Nc1cccc(C(F)(F)F)c1)c1sc2cccc(F)c2c1Cl. The van der Waals surface area contributed by atoms with Crippen LogP contribution < -0.4 is 5.32 Å². The predicted octanol–water partition coefficient (Wildman–Crippen LogP) is 5.96. The first-order valence-electron chi connectivity index (χ1n) is 6.62. The quantitative estimate of drug-likeness (QED) is 0.551. The van der Waals surface area contributed by atoms with Crippen LogP contribution in [0.3, 0.4) is 0 Å². The molecule has 0 aliphatic carbocycles. The van der Waals surface area contributed by atoms with Crippen molar-refractivity contribution < 1.29 is 22.4 Å². The molecule has 0 spiro atoms. The Morgan fingerprint density at radius 2 is 1.83 bits per heavy atom. The number of amides is 1. The van der Waals surface area contributed by atoms with Crippen LogP contribution in [0.4, 0.5) is 23.2 Å². The molecule has 1 amide bonds. The molecule has 0 bridgehead atoms. The molecule has 2 aromatic carbocycles. The molecule has 0 aliphatic rings. The van der Waals surface area contributed by atoms with Crippen molar-refractivity contribution in [3.8, 4) is 0 Å². The first kappa shape index (κ1) is 16.7. The second-order valence-electron chi connectivity index (χ2n) is 4.89. The molecular formula is C16H8ClF4NOS. The summed E-state index contributed by atoms with van der Waals surface area (Å²) in [5.74, 6) is -1.26. The number of fused-ring (bicyclic) bond motifs is 1. The van der Waals surface area contributed by atoms with Gasteiger partial charge >= 0.3 is 6.18 Å². The average Bonchev–Trinajstić information content (AvgIpc) is 2.85. The van der Waals surface area contributed by atoms with Crippen LogP contribution in [-0.2, 0) is 6.18 Å². The van der Waals surface area contributed by atoms with Gasteiger partial charge in [-0.2, -0.15) is 13.2 Å². The molecule has 0 atom stereocenters. The summed E-state index contributed by atoms with van der Waals surface area (Å²) in [7, 11) is 0. The highest BCUT2D eigenvalue weighted by molar-refractivity contribution is 7.21. The number of benzene rings is 2. The van der Waals surface area contributed by atoms with Gasteiger partial charge in [0.15, 0.2) is 0 Å². The van der Waals surface area contributed by atoms with E-state index in [0.29, 0.717) is 4.70 Å². The zero-order chi connectivity index (χ0) is 17.5. The summed E-state index contributed by atoms with van der Waals surface area (Å²) in [4.78, 5) is 12.3. The van der Waals surface area contributed by atoms with E-state index < -0.39 is 23.5 Å². The van der Waals surface area contributed by atoms with Crippen LogP contribution in [0.5, 0.6) is 0 Å². The summed E-state index contributed by atoms with van der Waals surface area (Å²) in [6, 6.07) is 8.54. The standard InChI is InChI=1S/C16H8ClF4NOS/c17-13-12-10(18)5-2-6-11(12)24-14(13)15(23)22-9-4-1-3-8(7-9)16(19,20)21/h1-7H,(H,22,23). The van der Waals surface area contributed by atoms with Crippen molar-refractivity contribution in [1.82, 2.24) is 0 Å². The second-order valence-corrected chi connectivity index (χ2v) is 6.32. The van der Waals surface area contributed by atoms with Crippen LogP contribution in [0.2, 0.25) is 5.02 Å². The molecule has 1 N–H and O–H groups in total.